The summed E-state index contributed by atoms with van der Waals surface area (Å²) in [6.07, 6.45) is 13.0. The van der Waals surface area contributed by atoms with Crippen molar-refractivity contribution in [2.24, 2.45) is 11.3 Å². The van der Waals surface area contributed by atoms with Crippen molar-refractivity contribution in [3.8, 4) is 0 Å². The lowest BCUT2D eigenvalue weighted by Gasteiger charge is -2.38. The van der Waals surface area contributed by atoms with Gasteiger partial charge in [0, 0.05) is 6.54 Å². The van der Waals surface area contributed by atoms with Crippen LogP contribution in [0.1, 0.15) is 78.6 Å². The monoisotopic (exact) mass is 239 g/mol. The first-order chi connectivity index (χ1) is 8.18. The third-order valence-corrected chi connectivity index (χ3v) is 4.28. The molecule has 17 heavy (non-hydrogen) atoms. The molecule has 0 aromatic carbocycles. The van der Waals surface area contributed by atoms with E-state index in [4.69, 9.17) is 0 Å². The molecule has 0 atom stereocenters. The SMILES string of the molecule is CCCCCC1(CNCC(C)C)CCCCC1. The molecule has 1 heteroatoms. The summed E-state index contributed by atoms with van der Waals surface area (Å²) in [5, 5.41) is 3.72. The molecule has 0 spiro atoms. The van der Waals surface area contributed by atoms with E-state index in [-0.39, 0.29) is 0 Å². The van der Waals surface area contributed by atoms with E-state index in [0.29, 0.717) is 5.41 Å². The van der Waals surface area contributed by atoms with Crippen LogP contribution in [0.2, 0.25) is 0 Å². The number of hydrogen-bond acceptors (Lipinski definition) is 1. The van der Waals surface area contributed by atoms with Gasteiger partial charge in [0.2, 0.25) is 0 Å². The van der Waals surface area contributed by atoms with Crippen LogP contribution in [0.3, 0.4) is 0 Å². The molecule has 0 heterocycles. The van der Waals surface area contributed by atoms with Gasteiger partial charge in [-0.05, 0) is 37.1 Å². The molecule has 1 aliphatic carbocycles. The van der Waals surface area contributed by atoms with Crippen molar-refractivity contribution in [3.05, 3.63) is 0 Å². The highest BCUT2D eigenvalue weighted by Gasteiger charge is 2.30. The van der Waals surface area contributed by atoms with Crippen LogP contribution in [0.15, 0.2) is 0 Å². The Morgan fingerprint density at radius 2 is 1.76 bits per heavy atom. The van der Waals surface area contributed by atoms with Crippen molar-refractivity contribution >= 4 is 0 Å². The Balaban J connectivity index is 2.34. The third-order valence-electron chi connectivity index (χ3n) is 4.28. The van der Waals surface area contributed by atoms with Gasteiger partial charge in [0.15, 0.2) is 0 Å². The molecule has 0 bridgehead atoms. The quantitative estimate of drug-likeness (QED) is 0.602. The Kier molecular flexibility index (Phi) is 7.18. The normalized spacial score (nSPS) is 19.8. The Morgan fingerprint density at radius 3 is 2.35 bits per heavy atom. The summed E-state index contributed by atoms with van der Waals surface area (Å²) in [6, 6.07) is 0. The predicted octanol–water partition coefficient (Wildman–Crippen LogP) is 4.76. The molecule has 1 N–H and O–H groups in total. The molecule has 1 fully saturated rings. The summed E-state index contributed by atoms with van der Waals surface area (Å²) >= 11 is 0. The van der Waals surface area contributed by atoms with E-state index in [1.165, 1.54) is 70.9 Å². The molecule has 1 aliphatic rings. The zero-order valence-electron chi connectivity index (χ0n) is 12.4. The molecule has 0 aromatic heterocycles. The van der Waals surface area contributed by atoms with Gasteiger partial charge in [0.25, 0.3) is 0 Å². The van der Waals surface area contributed by atoms with Crippen LogP contribution in [-0.2, 0) is 0 Å². The second kappa shape index (κ2) is 8.13. The number of unbranched alkanes of at least 4 members (excludes halogenated alkanes) is 2. The maximum atomic E-state index is 3.72. The first-order valence-electron chi connectivity index (χ1n) is 7.89. The average Bonchev–Trinajstić information content (AvgIpc) is 2.30. The van der Waals surface area contributed by atoms with Crippen LogP contribution < -0.4 is 5.32 Å². The molecular formula is C16H33N. The number of rotatable bonds is 8. The van der Waals surface area contributed by atoms with Crippen molar-refractivity contribution in [1.29, 1.82) is 0 Å². The van der Waals surface area contributed by atoms with E-state index in [9.17, 15) is 0 Å². The molecule has 0 saturated heterocycles. The molecule has 1 rings (SSSR count). The first kappa shape index (κ1) is 15.0. The Morgan fingerprint density at radius 1 is 1.06 bits per heavy atom. The fourth-order valence-corrected chi connectivity index (χ4v) is 3.19. The molecule has 1 nitrogen and oxygen atoms in total. The minimum atomic E-state index is 0.655. The molecule has 0 radical (unpaired) electrons. The van der Waals surface area contributed by atoms with E-state index < -0.39 is 0 Å². The Labute approximate surface area is 109 Å². The topological polar surface area (TPSA) is 12.0 Å². The van der Waals surface area contributed by atoms with Crippen LogP contribution in [0.5, 0.6) is 0 Å². The van der Waals surface area contributed by atoms with E-state index in [1.807, 2.05) is 0 Å². The highest BCUT2D eigenvalue weighted by atomic mass is 14.9. The van der Waals surface area contributed by atoms with Gasteiger partial charge < -0.3 is 5.32 Å². The maximum absolute atomic E-state index is 3.72. The zero-order valence-corrected chi connectivity index (χ0v) is 12.4. The second-order valence-corrected chi connectivity index (χ2v) is 6.54. The van der Waals surface area contributed by atoms with E-state index in [1.54, 1.807) is 0 Å². The van der Waals surface area contributed by atoms with Crippen molar-refractivity contribution < 1.29 is 0 Å². The van der Waals surface area contributed by atoms with Gasteiger partial charge in [-0.15, -0.1) is 0 Å². The van der Waals surface area contributed by atoms with Gasteiger partial charge in [-0.1, -0.05) is 59.3 Å². The van der Waals surface area contributed by atoms with Crippen molar-refractivity contribution in [2.75, 3.05) is 13.1 Å². The fourth-order valence-electron chi connectivity index (χ4n) is 3.19. The largest absolute Gasteiger partial charge is 0.316 e. The highest BCUT2D eigenvalue weighted by Crippen LogP contribution is 2.40. The molecule has 1 saturated carbocycles. The van der Waals surface area contributed by atoms with Crippen molar-refractivity contribution in [1.82, 2.24) is 5.32 Å². The molecule has 0 unspecified atom stereocenters. The van der Waals surface area contributed by atoms with Gasteiger partial charge >= 0.3 is 0 Å². The summed E-state index contributed by atoms with van der Waals surface area (Å²) in [7, 11) is 0. The standard InChI is InChI=1S/C16H33N/c1-4-5-7-10-16(11-8-6-9-12-16)14-17-13-15(2)3/h15,17H,4-14H2,1-3H3. The predicted molar refractivity (Wildman–Crippen MR) is 77.4 cm³/mol. The van der Waals surface area contributed by atoms with Crippen LogP contribution >= 0.6 is 0 Å². The summed E-state index contributed by atoms with van der Waals surface area (Å²) < 4.78 is 0. The summed E-state index contributed by atoms with van der Waals surface area (Å²) in [4.78, 5) is 0. The lowest BCUT2D eigenvalue weighted by molar-refractivity contribution is 0.160. The Hall–Kier alpha value is -0.0400. The molecule has 0 aliphatic heterocycles. The van der Waals surface area contributed by atoms with Gasteiger partial charge in [-0.2, -0.15) is 0 Å². The number of hydrogen-bond donors (Lipinski definition) is 1. The number of nitrogens with one attached hydrogen (secondary N) is 1. The lowest BCUT2D eigenvalue weighted by Crippen LogP contribution is -2.37. The molecule has 0 amide bonds. The summed E-state index contributed by atoms with van der Waals surface area (Å²) in [6.45, 7) is 9.38. The highest BCUT2D eigenvalue weighted by molar-refractivity contribution is 4.85. The van der Waals surface area contributed by atoms with Crippen LogP contribution in [0, 0.1) is 11.3 Å². The minimum absolute atomic E-state index is 0.655. The van der Waals surface area contributed by atoms with E-state index >= 15 is 0 Å². The van der Waals surface area contributed by atoms with Crippen molar-refractivity contribution in [3.63, 3.8) is 0 Å². The summed E-state index contributed by atoms with van der Waals surface area (Å²) in [5.41, 5.74) is 0.655. The molecule has 102 valence electrons. The van der Waals surface area contributed by atoms with Gasteiger partial charge in [0.05, 0.1) is 0 Å². The first-order valence-corrected chi connectivity index (χ1v) is 7.89. The van der Waals surface area contributed by atoms with E-state index in [2.05, 4.69) is 26.1 Å². The Bertz CT molecular complexity index is 180. The zero-order chi connectivity index (χ0) is 12.6. The van der Waals surface area contributed by atoms with Crippen LogP contribution in [0.4, 0.5) is 0 Å². The average molecular weight is 239 g/mol. The summed E-state index contributed by atoms with van der Waals surface area (Å²) in [5.74, 6) is 0.784. The lowest BCUT2D eigenvalue weighted by atomic mass is 9.70. The van der Waals surface area contributed by atoms with Crippen LogP contribution in [0.25, 0.3) is 0 Å². The van der Waals surface area contributed by atoms with Gasteiger partial charge in [0.1, 0.15) is 0 Å². The van der Waals surface area contributed by atoms with Crippen molar-refractivity contribution in [2.45, 2.75) is 78.6 Å². The maximum Gasteiger partial charge on any atom is 0.000792 e. The third kappa shape index (κ3) is 5.90. The minimum Gasteiger partial charge on any atom is -0.316 e. The van der Waals surface area contributed by atoms with Gasteiger partial charge in [-0.25, -0.2) is 0 Å². The van der Waals surface area contributed by atoms with Crippen LogP contribution in [-0.4, -0.2) is 13.1 Å². The second-order valence-electron chi connectivity index (χ2n) is 6.54. The molecular weight excluding hydrogens is 206 g/mol. The fraction of sp³-hybridized carbons (Fsp3) is 1.00. The molecule has 0 aromatic rings. The smallest absolute Gasteiger partial charge is 0.000792 e. The van der Waals surface area contributed by atoms with E-state index in [0.717, 1.165) is 5.92 Å². The van der Waals surface area contributed by atoms with Gasteiger partial charge in [-0.3, -0.25) is 0 Å².